The molecule has 0 amide bonds. The van der Waals surface area contributed by atoms with Crippen molar-refractivity contribution in [2.75, 3.05) is 18.5 Å². The van der Waals surface area contributed by atoms with Crippen LogP contribution < -0.4 is 5.32 Å². The highest BCUT2D eigenvalue weighted by molar-refractivity contribution is 5.89. The zero-order valence-corrected chi connectivity index (χ0v) is 14.3. The summed E-state index contributed by atoms with van der Waals surface area (Å²) in [5.74, 6) is 0.948. The standard InChI is InChI=1S/C20H16N4O3/c25-20(18-6-5-17(27-18)14-7-9-21-10-8-14)26-12-11-22-19-15-3-1-2-4-16(15)23-13-24-19/h1-10,13H,11-12H2,(H,22,23,24). The van der Waals surface area contributed by atoms with Gasteiger partial charge in [-0.05, 0) is 36.4 Å². The Morgan fingerprint density at radius 3 is 2.78 bits per heavy atom. The molecule has 0 saturated heterocycles. The Morgan fingerprint density at radius 2 is 1.89 bits per heavy atom. The zero-order valence-electron chi connectivity index (χ0n) is 14.3. The normalized spacial score (nSPS) is 10.7. The molecule has 27 heavy (non-hydrogen) atoms. The lowest BCUT2D eigenvalue weighted by Gasteiger charge is -2.08. The van der Waals surface area contributed by atoms with E-state index in [2.05, 4.69) is 20.3 Å². The number of hydrogen-bond donors (Lipinski definition) is 1. The second-order valence-corrected chi connectivity index (χ2v) is 5.70. The van der Waals surface area contributed by atoms with Gasteiger partial charge < -0.3 is 14.5 Å². The minimum atomic E-state index is -0.510. The van der Waals surface area contributed by atoms with Crippen molar-refractivity contribution in [3.05, 3.63) is 73.0 Å². The molecule has 1 N–H and O–H groups in total. The van der Waals surface area contributed by atoms with Crippen molar-refractivity contribution in [3.63, 3.8) is 0 Å². The molecule has 0 atom stereocenters. The van der Waals surface area contributed by atoms with Crippen molar-refractivity contribution in [2.45, 2.75) is 0 Å². The van der Waals surface area contributed by atoms with Gasteiger partial charge in [0.25, 0.3) is 0 Å². The summed E-state index contributed by atoms with van der Waals surface area (Å²) < 4.78 is 10.8. The molecule has 0 spiro atoms. The van der Waals surface area contributed by atoms with Crippen LogP contribution in [0.3, 0.4) is 0 Å². The van der Waals surface area contributed by atoms with E-state index in [1.807, 2.05) is 36.4 Å². The van der Waals surface area contributed by atoms with Crippen LogP contribution in [0, 0.1) is 0 Å². The Hall–Kier alpha value is -3.74. The van der Waals surface area contributed by atoms with Crippen LogP contribution in [0.4, 0.5) is 5.82 Å². The van der Waals surface area contributed by atoms with E-state index >= 15 is 0 Å². The zero-order chi connectivity index (χ0) is 18.5. The Labute approximate surface area is 155 Å². The first-order valence-electron chi connectivity index (χ1n) is 8.42. The second kappa shape index (κ2) is 7.65. The average molecular weight is 360 g/mol. The predicted octanol–water partition coefficient (Wildman–Crippen LogP) is 3.55. The largest absolute Gasteiger partial charge is 0.458 e. The van der Waals surface area contributed by atoms with Gasteiger partial charge in [0, 0.05) is 23.3 Å². The van der Waals surface area contributed by atoms with Crippen LogP contribution in [0.2, 0.25) is 0 Å². The monoisotopic (exact) mass is 360 g/mol. The van der Waals surface area contributed by atoms with Crippen LogP contribution >= 0.6 is 0 Å². The van der Waals surface area contributed by atoms with E-state index in [4.69, 9.17) is 9.15 Å². The SMILES string of the molecule is O=C(OCCNc1ncnc2ccccc12)c1ccc(-c2ccncc2)o1. The number of nitrogens with one attached hydrogen (secondary N) is 1. The van der Waals surface area contributed by atoms with Gasteiger partial charge in [-0.2, -0.15) is 0 Å². The van der Waals surface area contributed by atoms with E-state index < -0.39 is 5.97 Å². The molecular weight excluding hydrogens is 344 g/mol. The summed E-state index contributed by atoms with van der Waals surface area (Å²) in [4.78, 5) is 24.5. The summed E-state index contributed by atoms with van der Waals surface area (Å²) in [6, 6.07) is 14.7. The van der Waals surface area contributed by atoms with Gasteiger partial charge in [0.2, 0.25) is 5.76 Å². The first-order chi connectivity index (χ1) is 13.3. The third-order valence-corrected chi connectivity index (χ3v) is 3.94. The molecule has 134 valence electrons. The number of ether oxygens (including phenoxy) is 1. The Bertz CT molecular complexity index is 1060. The highest BCUT2D eigenvalue weighted by atomic mass is 16.5. The number of anilines is 1. The maximum absolute atomic E-state index is 12.1. The number of para-hydroxylation sites is 1. The maximum atomic E-state index is 12.1. The Balaban J connectivity index is 1.33. The summed E-state index contributed by atoms with van der Waals surface area (Å²) in [7, 11) is 0. The Morgan fingerprint density at radius 1 is 1.04 bits per heavy atom. The van der Waals surface area contributed by atoms with Gasteiger partial charge in [-0.25, -0.2) is 14.8 Å². The number of carbonyl (C=O) groups is 1. The first kappa shape index (κ1) is 16.7. The highest BCUT2D eigenvalue weighted by Crippen LogP contribution is 2.22. The van der Waals surface area contributed by atoms with Gasteiger partial charge in [-0.3, -0.25) is 4.98 Å². The molecule has 7 heteroatoms. The van der Waals surface area contributed by atoms with Gasteiger partial charge in [0.1, 0.15) is 24.5 Å². The summed E-state index contributed by atoms with van der Waals surface area (Å²) >= 11 is 0. The third-order valence-electron chi connectivity index (χ3n) is 3.94. The van der Waals surface area contributed by atoms with E-state index in [-0.39, 0.29) is 12.4 Å². The van der Waals surface area contributed by atoms with Crippen LogP contribution in [-0.4, -0.2) is 34.1 Å². The molecule has 0 bridgehead atoms. The molecular formula is C20H16N4O3. The van der Waals surface area contributed by atoms with E-state index in [0.717, 1.165) is 16.5 Å². The second-order valence-electron chi connectivity index (χ2n) is 5.70. The number of pyridine rings is 1. The number of fused-ring (bicyclic) bond motifs is 1. The minimum Gasteiger partial charge on any atom is -0.458 e. The quantitative estimate of drug-likeness (QED) is 0.415. The fourth-order valence-corrected chi connectivity index (χ4v) is 2.65. The highest BCUT2D eigenvalue weighted by Gasteiger charge is 2.13. The summed E-state index contributed by atoms with van der Waals surface area (Å²) in [5.41, 5.74) is 1.70. The van der Waals surface area contributed by atoms with Crippen LogP contribution in [0.25, 0.3) is 22.2 Å². The van der Waals surface area contributed by atoms with Crippen LogP contribution in [0.15, 0.2) is 71.7 Å². The summed E-state index contributed by atoms with van der Waals surface area (Å²) in [6.07, 6.45) is 4.83. The molecule has 0 saturated carbocycles. The molecule has 3 heterocycles. The predicted molar refractivity (Wildman–Crippen MR) is 100 cm³/mol. The van der Waals surface area contributed by atoms with Crippen LogP contribution in [-0.2, 0) is 4.74 Å². The lowest BCUT2D eigenvalue weighted by Crippen LogP contribution is -2.14. The van der Waals surface area contributed by atoms with Crippen LogP contribution in [0.1, 0.15) is 10.6 Å². The summed E-state index contributed by atoms with van der Waals surface area (Å²) in [5, 5.41) is 4.08. The van der Waals surface area contributed by atoms with Gasteiger partial charge in [0.05, 0.1) is 12.1 Å². The number of rotatable bonds is 6. The number of carbonyl (C=O) groups excluding carboxylic acids is 1. The molecule has 1 aromatic carbocycles. The number of esters is 1. The van der Waals surface area contributed by atoms with Crippen LogP contribution in [0.5, 0.6) is 0 Å². The number of furan rings is 1. The van der Waals surface area contributed by atoms with E-state index in [1.54, 1.807) is 24.5 Å². The molecule has 7 nitrogen and oxygen atoms in total. The molecule has 4 aromatic rings. The lowest BCUT2D eigenvalue weighted by atomic mass is 10.2. The molecule has 4 rings (SSSR count). The maximum Gasteiger partial charge on any atom is 0.374 e. The van der Waals surface area contributed by atoms with E-state index in [1.165, 1.54) is 6.33 Å². The number of aromatic nitrogens is 3. The average Bonchev–Trinajstić information content (AvgIpc) is 3.22. The first-order valence-corrected chi connectivity index (χ1v) is 8.42. The van der Waals surface area contributed by atoms with Crippen molar-refractivity contribution >= 4 is 22.7 Å². The van der Waals surface area contributed by atoms with Gasteiger partial charge in [0.15, 0.2) is 0 Å². The van der Waals surface area contributed by atoms with Crippen molar-refractivity contribution in [1.29, 1.82) is 0 Å². The van der Waals surface area contributed by atoms with Crippen molar-refractivity contribution in [3.8, 4) is 11.3 Å². The smallest absolute Gasteiger partial charge is 0.374 e. The molecule has 0 aliphatic carbocycles. The summed E-state index contributed by atoms with van der Waals surface area (Å²) in [6.45, 7) is 0.604. The van der Waals surface area contributed by atoms with Crippen molar-refractivity contribution < 1.29 is 13.9 Å². The molecule has 3 aromatic heterocycles. The topological polar surface area (TPSA) is 90.1 Å². The van der Waals surface area contributed by atoms with E-state index in [9.17, 15) is 4.79 Å². The fraction of sp³-hybridized carbons (Fsp3) is 0.100. The van der Waals surface area contributed by atoms with Gasteiger partial charge >= 0.3 is 5.97 Å². The lowest BCUT2D eigenvalue weighted by molar-refractivity contribution is 0.0485. The molecule has 0 aliphatic rings. The third kappa shape index (κ3) is 3.77. The number of nitrogens with zero attached hydrogens (tertiary/aromatic N) is 3. The molecule has 0 unspecified atom stereocenters. The molecule has 0 fully saturated rings. The number of benzene rings is 1. The van der Waals surface area contributed by atoms with Crippen molar-refractivity contribution in [2.24, 2.45) is 0 Å². The molecule has 0 aliphatic heterocycles. The minimum absolute atomic E-state index is 0.161. The van der Waals surface area contributed by atoms with E-state index in [0.29, 0.717) is 18.1 Å². The number of hydrogen-bond acceptors (Lipinski definition) is 7. The van der Waals surface area contributed by atoms with Gasteiger partial charge in [-0.1, -0.05) is 12.1 Å². The Kier molecular flexibility index (Phi) is 4.74. The van der Waals surface area contributed by atoms with Crippen molar-refractivity contribution in [1.82, 2.24) is 15.0 Å². The fourth-order valence-electron chi connectivity index (χ4n) is 2.65. The molecule has 0 radical (unpaired) electrons. The van der Waals surface area contributed by atoms with Gasteiger partial charge in [-0.15, -0.1) is 0 Å².